The van der Waals surface area contributed by atoms with Crippen molar-refractivity contribution < 1.29 is 0 Å². The number of hydrogen-bond acceptors (Lipinski definition) is 3. The van der Waals surface area contributed by atoms with Crippen LogP contribution in [0.1, 0.15) is 19.8 Å². The molecule has 1 atom stereocenters. The summed E-state index contributed by atoms with van der Waals surface area (Å²) in [4.78, 5) is 3.98. The minimum absolute atomic E-state index is 0.419. The molecule has 14 heavy (non-hydrogen) atoms. The Hall–Kier alpha value is -1.34. The van der Waals surface area contributed by atoms with E-state index in [1.54, 1.807) is 6.20 Å². The summed E-state index contributed by atoms with van der Waals surface area (Å²) in [5, 5.41) is 11.7. The van der Waals surface area contributed by atoms with Crippen molar-refractivity contribution in [2.24, 2.45) is 0 Å². The van der Waals surface area contributed by atoms with Gasteiger partial charge in [-0.1, -0.05) is 0 Å². The first-order valence-electron chi connectivity index (χ1n) is 4.89. The number of nitrogens with zero attached hydrogens (tertiary/aromatic N) is 3. The quantitative estimate of drug-likeness (QED) is 0.688. The van der Waals surface area contributed by atoms with Gasteiger partial charge in [0, 0.05) is 31.4 Å². The maximum atomic E-state index is 8.35. The third kappa shape index (κ3) is 4.06. The monoisotopic (exact) mass is 192 g/mol. The largest absolute Gasteiger partial charge is 0.336 e. The van der Waals surface area contributed by atoms with Crippen LogP contribution in [0.3, 0.4) is 0 Å². The fourth-order valence-electron chi connectivity index (χ4n) is 1.29. The molecule has 0 saturated heterocycles. The van der Waals surface area contributed by atoms with Crippen LogP contribution in [0.5, 0.6) is 0 Å². The SMILES string of the molecule is CC(Cn1ccnc1)NCCCC#N. The van der Waals surface area contributed by atoms with E-state index in [2.05, 4.69) is 23.3 Å². The lowest BCUT2D eigenvalue weighted by atomic mass is 10.3. The highest BCUT2D eigenvalue weighted by Crippen LogP contribution is 1.92. The molecule has 1 N–H and O–H groups in total. The first-order chi connectivity index (χ1) is 6.83. The summed E-state index contributed by atoms with van der Waals surface area (Å²) in [6.07, 6.45) is 7.10. The van der Waals surface area contributed by atoms with Gasteiger partial charge >= 0.3 is 0 Å². The van der Waals surface area contributed by atoms with Crippen LogP contribution in [0.25, 0.3) is 0 Å². The summed E-state index contributed by atoms with van der Waals surface area (Å²) in [5.41, 5.74) is 0. The molecular formula is C10H16N4. The first kappa shape index (κ1) is 10.7. The minimum Gasteiger partial charge on any atom is -0.336 e. The van der Waals surface area contributed by atoms with E-state index in [1.165, 1.54) is 0 Å². The molecule has 0 bridgehead atoms. The Labute approximate surface area is 84.6 Å². The lowest BCUT2D eigenvalue weighted by molar-refractivity contribution is 0.473. The molecule has 0 aliphatic rings. The van der Waals surface area contributed by atoms with Gasteiger partial charge in [-0.3, -0.25) is 0 Å². The zero-order valence-electron chi connectivity index (χ0n) is 8.48. The molecule has 0 spiro atoms. The van der Waals surface area contributed by atoms with Gasteiger partial charge in [-0.05, 0) is 19.9 Å². The smallest absolute Gasteiger partial charge is 0.0946 e. The molecule has 1 aromatic rings. The van der Waals surface area contributed by atoms with E-state index in [9.17, 15) is 0 Å². The van der Waals surface area contributed by atoms with Crippen molar-refractivity contribution in [3.05, 3.63) is 18.7 Å². The Morgan fingerprint density at radius 2 is 2.50 bits per heavy atom. The number of aromatic nitrogens is 2. The number of rotatable bonds is 6. The van der Waals surface area contributed by atoms with E-state index in [0.717, 1.165) is 19.5 Å². The van der Waals surface area contributed by atoms with Gasteiger partial charge < -0.3 is 9.88 Å². The number of unbranched alkanes of at least 4 members (excludes halogenated alkanes) is 1. The average Bonchev–Trinajstić information content (AvgIpc) is 2.65. The zero-order valence-corrected chi connectivity index (χ0v) is 8.48. The second-order valence-corrected chi connectivity index (χ2v) is 3.38. The molecule has 0 aliphatic heterocycles. The third-order valence-corrected chi connectivity index (χ3v) is 2.00. The Bertz CT molecular complexity index is 273. The van der Waals surface area contributed by atoms with Crippen molar-refractivity contribution in [1.29, 1.82) is 5.26 Å². The second kappa shape index (κ2) is 6.17. The molecule has 0 aliphatic carbocycles. The summed E-state index contributed by atoms with van der Waals surface area (Å²) in [5.74, 6) is 0. The average molecular weight is 192 g/mol. The topological polar surface area (TPSA) is 53.6 Å². The van der Waals surface area contributed by atoms with Crippen molar-refractivity contribution in [2.45, 2.75) is 32.4 Å². The molecule has 1 unspecified atom stereocenters. The van der Waals surface area contributed by atoms with E-state index in [1.807, 2.05) is 17.1 Å². The number of imidazole rings is 1. The van der Waals surface area contributed by atoms with Gasteiger partial charge in [0.1, 0.15) is 0 Å². The fourth-order valence-corrected chi connectivity index (χ4v) is 1.29. The van der Waals surface area contributed by atoms with Crippen molar-refractivity contribution in [3.63, 3.8) is 0 Å². The lowest BCUT2D eigenvalue weighted by Gasteiger charge is -2.13. The van der Waals surface area contributed by atoms with Gasteiger partial charge in [-0.25, -0.2) is 4.98 Å². The Balaban J connectivity index is 2.11. The summed E-state index contributed by atoms with van der Waals surface area (Å²) in [6, 6.07) is 2.55. The van der Waals surface area contributed by atoms with Crippen LogP contribution in [0.4, 0.5) is 0 Å². The Kier molecular flexibility index (Phi) is 4.73. The van der Waals surface area contributed by atoms with Gasteiger partial charge in [0.2, 0.25) is 0 Å². The van der Waals surface area contributed by atoms with Crippen LogP contribution >= 0.6 is 0 Å². The number of hydrogen-bond donors (Lipinski definition) is 1. The Morgan fingerprint density at radius 1 is 1.64 bits per heavy atom. The molecule has 1 rings (SSSR count). The molecule has 0 saturated carbocycles. The maximum Gasteiger partial charge on any atom is 0.0946 e. The van der Waals surface area contributed by atoms with Crippen molar-refractivity contribution >= 4 is 0 Å². The highest BCUT2D eigenvalue weighted by molar-refractivity contribution is 4.76. The van der Waals surface area contributed by atoms with Crippen LogP contribution in [0.15, 0.2) is 18.7 Å². The predicted octanol–water partition coefficient (Wildman–Crippen LogP) is 1.16. The zero-order chi connectivity index (χ0) is 10.2. The van der Waals surface area contributed by atoms with Crippen molar-refractivity contribution in [1.82, 2.24) is 14.9 Å². The standard InChI is InChI=1S/C10H16N4/c1-10(13-5-3-2-4-11)8-14-7-6-12-9-14/h6-7,9-10,13H,2-3,5,8H2,1H3. The van der Waals surface area contributed by atoms with E-state index in [0.29, 0.717) is 12.5 Å². The number of nitriles is 1. The lowest BCUT2D eigenvalue weighted by Crippen LogP contribution is -2.30. The first-order valence-corrected chi connectivity index (χ1v) is 4.89. The van der Waals surface area contributed by atoms with Gasteiger partial charge in [0.25, 0.3) is 0 Å². The predicted molar refractivity (Wildman–Crippen MR) is 54.5 cm³/mol. The Morgan fingerprint density at radius 3 is 3.14 bits per heavy atom. The summed E-state index contributed by atoms with van der Waals surface area (Å²) in [7, 11) is 0. The van der Waals surface area contributed by atoms with Crippen LogP contribution in [0, 0.1) is 11.3 Å². The molecule has 0 fully saturated rings. The molecule has 4 nitrogen and oxygen atoms in total. The summed E-state index contributed by atoms with van der Waals surface area (Å²) < 4.78 is 2.04. The maximum absolute atomic E-state index is 8.35. The third-order valence-electron chi connectivity index (χ3n) is 2.00. The van der Waals surface area contributed by atoms with Crippen molar-refractivity contribution in [2.75, 3.05) is 6.54 Å². The van der Waals surface area contributed by atoms with E-state index >= 15 is 0 Å². The highest BCUT2D eigenvalue weighted by atomic mass is 15.1. The fraction of sp³-hybridized carbons (Fsp3) is 0.600. The van der Waals surface area contributed by atoms with Crippen molar-refractivity contribution in [3.8, 4) is 6.07 Å². The highest BCUT2D eigenvalue weighted by Gasteiger charge is 2.00. The van der Waals surface area contributed by atoms with E-state index in [-0.39, 0.29) is 0 Å². The molecule has 0 amide bonds. The molecule has 1 heterocycles. The summed E-state index contributed by atoms with van der Waals surface area (Å²) in [6.45, 7) is 3.96. The molecule has 1 aromatic heterocycles. The van der Waals surface area contributed by atoms with Crippen LogP contribution < -0.4 is 5.32 Å². The molecule has 0 aromatic carbocycles. The van der Waals surface area contributed by atoms with Gasteiger partial charge in [0.15, 0.2) is 0 Å². The molecule has 76 valence electrons. The normalized spacial score (nSPS) is 12.3. The van der Waals surface area contributed by atoms with E-state index < -0.39 is 0 Å². The van der Waals surface area contributed by atoms with Gasteiger partial charge in [-0.2, -0.15) is 5.26 Å². The second-order valence-electron chi connectivity index (χ2n) is 3.38. The van der Waals surface area contributed by atoms with Crippen LogP contribution in [-0.4, -0.2) is 22.1 Å². The van der Waals surface area contributed by atoms with Crippen LogP contribution in [-0.2, 0) is 6.54 Å². The summed E-state index contributed by atoms with van der Waals surface area (Å²) >= 11 is 0. The molecular weight excluding hydrogens is 176 g/mol. The molecule has 4 heteroatoms. The molecule has 0 radical (unpaired) electrons. The van der Waals surface area contributed by atoms with Gasteiger partial charge in [0.05, 0.1) is 12.4 Å². The van der Waals surface area contributed by atoms with Gasteiger partial charge in [-0.15, -0.1) is 0 Å². The number of nitrogens with one attached hydrogen (secondary N) is 1. The van der Waals surface area contributed by atoms with E-state index in [4.69, 9.17) is 5.26 Å². The minimum atomic E-state index is 0.419. The van der Waals surface area contributed by atoms with Crippen LogP contribution in [0.2, 0.25) is 0 Å².